The number of hydrogen-bond acceptors (Lipinski definition) is 8. The van der Waals surface area contributed by atoms with Crippen molar-refractivity contribution in [2.75, 3.05) is 20.3 Å². The minimum atomic E-state index is -4.08. The molecule has 0 spiro atoms. The summed E-state index contributed by atoms with van der Waals surface area (Å²) >= 11 is -2.54. The number of methoxy groups -OCH3 is 1. The first-order valence-electron chi connectivity index (χ1n) is 19.9. The quantitative estimate of drug-likeness (QED) is 0.0453. The molecular formula is C43H62O8SSn. The van der Waals surface area contributed by atoms with Crippen LogP contribution >= 0.6 is 0 Å². The van der Waals surface area contributed by atoms with Crippen LogP contribution in [-0.4, -0.2) is 83.9 Å². The fraction of sp³-hybridized carbons (Fsp3) is 0.581. The standard InChI is InChI=1S/C31H35O8S.3C4H9.Sn/c1-4-28(34-3)39-30-27(20-36-40(32,33)23-17-15-21(2)16-18-23)37-26-13-7-8-19-35-29(26)31(30)38-25-14-9-11-22-10-5-6-12-24(22)25;3*1-3-4-2;/h5-12,14-18,26-31H,1,4,13,19-20H2,2-3H3;3*1,3-4H2,2H3;/t26-,27+,28?,29-,30+,31+;;;;/m0..../s1. The van der Waals surface area contributed by atoms with E-state index in [1.165, 1.54) is 56.3 Å². The Labute approximate surface area is 322 Å². The Bertz CT molecular complexity index is 1650. The molecule has 0 amide bonds. The number of aryl methyl sites for hydroxylation is 1. The van der Waals surface area contributed by atoms with Crippen LogP contribution < -0.4 is 4.74 Å². The molecule has 5 rings (SSSR count). The van der Waals surface area contributed by atoms with Crippen LogP contribution in [0.3, 0.4) is 0 Å². The molecule has 1 fully saturated rings. The Morgan fingerprint density at radius 1 is 0.830 bits per heavy atom. The minimum absolute atomic E-state index is 0.100. The molecule has 0 aromatic heterocycles. The SMILES string of the molecule is CCC[CH2][Sn]([CH2]CCC)([CH2]CCC)[CH2]CC(OC)O[C@H]1[C@H](Oc2cccc3ccccc23)[C@H]2OCC=CC[C@@H]2O[C@@H]1COS(=O)(=O)c1ccc(C)cc1. The number of hydrogen-bond donors (Lipinski definition) is 0. The van der Waals surface area contributed by atoms with Gasteiger partial charge in [0.1, 0.15) is 0 Å². The van der Waals surface area contributed by atoms with Gasteiger partial charge in [-0.25, -0.2) is 0 Å². The van der Waals surface area contributed by atoms with E-state index in [4.69, 9.17) is 27.9 Å². The van der Waals surface area contributed by atoms with Crippen molar-refractivity contribution in [3.63, 3.8) is 0 Å². The first-order valence-corrected chi connectivity index (χ1v) is 29.4. The van der Waals surface area contributed by atoms with Crippen molar-refractivity contribution in [3.8, 4) is 5.75 Å². The molecule has 2 heterocycles. The van der Waals surface area contributed by atoms with Crippen LogP contribution in [0.25, 0.3) is 10.8 Å². The van der Waals surface area contributed by atoms with Crippen molar-refractivity contribution < 1.29 is 36.3 Å². The van der Waals surface area contributed by atoms with Crippen molar-refractivity contribution >= 4 is 39.3 Å². The molecule has 3 aromatic rings. The van der Waals surface area contributed by atoms with Gasteiger partial charge in [0.25, 0.3) is 0 Å². The summed E-state index contributed by atoms with van der Waals surface area (Å²) in [5.41, 5.74) is 0.965. The first-order chi connectivity index (χ1) is 25.7. The summed E-state index contributed by atoms with van der Waals surface area (Å²) in [6.45, 7) is 8.99. The van der Waals surface area contributed by atoms with Crippen LogP contribution in [0.1, 0.15) is 77.7 Å². The normalized spacial score (nSPS) is 22.7. The van der Waals surface area contributed by atoms with Gasteiger partial charge in [-0.05, 0) is 6.92 Å². The maximum absolute atomic E-state index is 13.5. The molecule has 1 saturated heterocycles. The number of unbranched alkanes of at least 4 members (excludes halogenated alkanes) is 3. The fourth-order valence-electron chi connectivity index (χ4n) is 7.90. The third-order valence-corrected chi connectivity index (χ3v) is 28.3. The molecule has 2 aliphatic heterocycles. The van der Waals surface area contributed by atoms with Crippen molar-refractivity contribution in [2.45, 2.75) is 139 Å². The van der Waals surface area contributed by atoms with E-state index in [0.29, 0.717) is 18.8 Å². The van der Waals surface area contributed by atoms with Crippen LogP contribution in [-0.2, 0) is 33.2 Å². The summed E-state index contributed by atoms with van der Waals surface area (Å²) in [5.74, 6) is 0.706. The number of fused-ring (bicyclic) bond motifs is 2. The Morgan fingerprint density at radius 2 is 1.51 bits per heavy atom. The van der Waals surface area contributed by atoms with E-state index in [1.807, 2.05) is 37.3 Å². The van der Waals surface area contributed by atoms with Crippen LogP contribution in [0.15, 0.2) is 83.8 Å². The second kappa shape index (κ2) is 20.8. The van der Waals surface area contributed by atoms with E-state index in [1.54, 1.807) is 31.4 Å². The molecule has 0 N–H and O–H groups in total. The monoisotopic (exact) mass is 858 g/mol. The van der Waals surface area contributed by atoms with Crippen molar-refractivity contribution in [2.24, 2.45) is 0 Å². The molecule has 0 radical (unpaired) electrons. The third-order valence-electron chi connectivity index (χ3n) is 11.0. The topological polar surface area (TPSA) is 89.5 Å². The van der Waals surface area contributed by atoms with Gasteiger partial charge in [-0.1, -0.05) is 5.56 Å². The molecule has 0 saturated carbocycles. The number of ether oxygens (including phenoxy) is 5. The zero-order valence-electron chi connectivity index (χ0n) is 32.5. The Morgan fingerprint density at radius 3 is 2.19 bits per heavy atom. The van der Waals surface area contributed by atoms with Gasteiger partial charge in [-0.15, -0.1) is 0 Å². The summed E-state index contributed by atoms with van der Waals surface area (Å²) in [5, 5.41) is 2.03. The molecule has 10 heteroatoms. The Balaban J connectivity index is 1.48. The van der Waals surface area contributed by atoms with E-state index >= 15 is 0 Å². The molecule has 8 nitrogen and oxygen atoms in total. The van der Waals surface area contributed by atoms with Crippen LogP contribution in [0.4, 0.5) is 0 Å². The number of rotatable bonds is 21. The zero-order valence-corrected chi connectivity index (χ0v) is 36.2. The maximum atomic E-state index is 13.5. The summed E-state index contributed by atoms with van der Waals surface area (Å²) in [4.78, 5) is 0.100. The van der Waals surface area contributed by atoms with Gasteiger partial charge < -0.3 is 0 Å². The van der Waals surface area contributed by atoms with Gasteiger partial charge in [-0.2, -0.15) is 0 Å². The van der Waals surface area contributed by atoms with E-state index < -0.39 is 65.3 Å². The van der Waals surface area contributed by atoms with Gasteiger partial charge >= 0.3 is 312 Å². The molecule has 0 bridgehead atoms. The zero-order chi connectivity index (χ0) is 37.7. The third kappa shape index (κ3) is 11.5. The average Bonchev–Trinajstić information content (AvgIpc) is 3.42. The van der Waals surface area contributed by atoms with Crippen LogP contribution in [0.2, 0.25) is 17.7 Å². The average molecular weight is 858 g/mol. The van der Waals surface area contributed by atoms with Gasteiger partial charge in [0.15, 0.2) is 0 Å². The predicted octanol–water partition coefficient (Wildman–Crippen LogP) is 10.0. The molecule has 53 heavy (non-hydrogen) atoms. The summed E-state index contributed by atoms with van der Waals surface area (Å²) < 4.78 is 71.5. The molecule has 292 valence electrons. The Kier molecular flexibility index (Phi) is 16.5. The summed E-state index contributed by atoms with van der Waals surface area (Å²) in [6, 6.07) is 20.8. The van der Waals surface area contributed by atoms with Gasteiger partial charge in [0, 0.05) is 0 Å². The summed E-state index contributed by atoms with van der Waals surface area (Å²) in [6.07, 6.45) is 9.39. The second-order valence-corrected chi connectivity index (χ2v) is 30.8. The van der Waals surface area contributed by atoms with Crippen molar-refractivity contribution in [1.29, 1.82) is 0 Å². The predicted molar refractivity (Wildman–Crippen MR) is 215 cm³/mol. The van der Waals surface area contributed by atoms with Gasteiger partial charge in [0.2, 0.25) is 0 Å². The van der Waals surface area contributed by atoms with Crippen LogP contribution in [0, 0.1) is 6.92 Å². The van der Waals surface area contributed by atoms with E-state index in [-0.39, 0.29) is 11.5 Å². The van der Waals surface area contributed by atoms with Gasteiger partial charge in [0.05, 0.1) is 0 Å². The Hall–Kier alpha value is -1.99. The molecular weight excluding hydrogens is 795 g/mol. The van der Waals surface area contributed by atoms with Crippen molar-refractivity contribution in [1.82, 2.24) is 0 Å². The van der Waals surface area contributed by atoms with E-state index in [9.17, 15) is 8.42 Å². The fourth-order valence-corrected chi connectivity index (χ4v) is 25.0. The van der Waals surface area contributed by atoms with E-state index in [0.717, 1.165) is 22.8 Å². The molecule has 0 aliphatic carbocycles. The molecule has 1 unspecified atom stereocenters. The molecule has 6 atom stereocenters. The molecule has 2 aliphatic rings. The first kappa shape index (κ1) is 42.2. The van der Waals surface area contributed by atoms with Gasteiger partial charge in [-0.3, -0.25) is 0 Å². The van der Waals surface area contributed by atoms with Crippen LogP contribution in [0.5, 0.6) is 5.75 Å². The molecule has 3 aromatic carbocycles. The number of benzene rings is 3. The summed E-state index contributed by atoms with van der Waals surface area (Å²) in [7, 11) is -2.37. The van der Waals surface area contributed by atoms with E-state index in [2.05, 4.69) is 45.0 Å². The second-order valence-electron chi connectivity index (χ2n) is 14.9. The van der Waals surface area contributed by atoms with Crippen molar-refractivity contribution in [3.05, 3.63) is 84.4 Å².